The van der Waals surface area contributed by atoms with Gasteiger partial charge in [0.1, 0.15) is 10.6 Å². The minimum atomic E-state index is -0.243. The van der Waals surface area contributed by atoms with Gasteiger partial charge in [0.2, 0.25) is 5.91 Å². The van der Waals surface area contributed by atoms with Gasteiger partial charge in [-0.3, -0.25) is 14.2 Å². The fourth-order valence-corrected chi connectivity index (χ4v) is 5.65. The van der Waals surface area contributed by atoms with Crippen molar-refractivity contribution in [1.29, 1.82) is 0 Å². The van der Waals surface area contributed by atoms with E-state index in [-0.39, 0.29) is 17.2 Å². The number of aryl methyl sites for hydroxylation is 4. The molecule has 33 heavy (non-hydrogen) atoms. The first-order valence-corrected chi connectivity index (χ1v) is 12.6. The number of pyridine rings is 1. The highest BCUT2D eigenvalue weighted by Gasteiger charge is 2.20. The standard InChI is InChI=1S/C24H23ClN4O2S2/c1-5-18-15(4)33-22-21(18)23(31)29(17-8-6-13(2)14(3)10-17)24(28-22)32-12-20(30)27-19-9-7-16(25)11-26-19/h6-11H,5,12H2,1-4H3,(H,26,27,30). The summed E-state index contributed by atoms with van der Waals surface area (Å²) in [6.45, 7) is 8.11. The number of carbonyl (C=O) groups is 1. The van der Waals surface area contributed by atoms with Crippen LogP contribution in [-0.4, -0.2) is 26.2 Å². The van der Waals surface area contributed by atoms with Crippen LogP contribution in [0.25, 0.3) is 15.9 Å². The van der Waals surface area contributed by atoms with E-state index in [1.807, 2.05) is 45.9 Å². The van der Waals surface area contributed by atoms with E-state index in [0.717, 1.165) is 33.7 Å². The highest BCUT2D eigenvalue weighted by molar-refractivity contribution is 7.99. The number of carbonyl (C=O) groups excluding carboxylic acids is 1. The summed E-state index contributed by atoms with van der Waals surface area (Å²) in [5.41, 5.74) is 3.90. The summed E-state index contributed by atoms with van der Waals surface area (Å²) in [5, 5.41) is 4.39. The van der Waals surface area contributed by atoms with Crippen LogP contribution in [0, 0.1) is 20.8 Å². The molecule has 3 aromatic heterocycles. The zero-order valence-electron chi connectivity index (χ0n) is 18.7. The van der Waals surface area contributed by atoms with Gasteiger partial charge in [-0.15, -0.1) is 11.3 Å². The van der Waals surface area contributed by atoms with Gasteiger partial charge in [0.05, 0.1) is 21.8 Å². The third kappa shape index (κ3) is 4.83. The minimum Gasteiger partial charge on any atom is -0.310 e. The highest BCUT2D eigenvalue weighted by Crippen LogP contribution is 2.31. The molecule has 0 aliphatic carbocycles. The number of fused-ring (bicyclic) bond motifs is 1. The normalized spacial score (nSPS) is 11.2. The van der Waals surface area contributed by atoms with Crippen molar-refractivity contribution in [2.75, 3.05) is 11.1 Å². The Kier molecular flexibility index (Phi) is 6.88. The maximum absolute atomic E-state index is 13.7. The van der Waals surface area contributed by atoms with E-state index in [4.69, 9.17) is 16.6 Å². The number of halogens is 1. The van der Waals surface area contributed by atoms with E-state index in [2.05, 4.69) is 10.3 Å². The summed E-state index contributed by atoms with van der Waals surface area (Å²) < 4.78 is 1.62. The number of thiophene rings is 1. The van der Waals surface area contributed by atoms with Crippen molar-refractivity contribution in [3.8, 4) is 5.69 Å². The Morgan fingerprint density at radius 2 is 1.97 bits per heavy atom. The van der Waals surface area contributed by atoms with E-state index in [1.54, 1.807) is 16.7 Å². The van der Waals surface area contributed by atoms with Crippen LogP contribution in [-0.2, 0) is 11.2 Å². The topological polar surface area (TPSA) is 76.9 Å². The number of hydrogen-bond donors (Lipinski definition) is 1. The molecule has 0 atom stereocenters. The lowest BCUT2D eigenvalue weighted by Crippen LogP contribution is -2.23. The number of benzene rings is 1. The van der Waals surface area contributed by atoms with Crippen LogP contribution in [0.15, 0.2) is 46.5 Å². The van der Waals surface area contributed by atoms with E-state index in [0.29, 0.717) is 26.2 Å². The van der Waals surface area contributed by atoms with Gasteiger partial charge in [0.25, 0.3) is 5.56 Å². The molecule has 3 heterocycles. The summed E-state index contributed by atoms with van der Waals surface area (Å²) in [6, 6.07) is 9.20. The predicted octanol–water partition coefficient (Wildman–Crippen LogP) is 5.71. The van der Waals surface area contributed by atoms with Crippen molar-refractivity contribution in [2.24, 2.45) is 0 Å². The predicted molar refractivity (Wildman–Crippen MR) is 137 cm³/mol. The van der Waals surface area contributed by atoms with Crippen molar-refractivity contribution in [3.63, 3.8) is 0 Å². The van der Waals surface area contributed by atoms with E-state index in [9.17, 15) is 9.59 Å². The zero-order valence-corrected chi connectivity index (χ0v) is 21.1. The maximum Gasteiger partial charge on any atom is 0.267 e. The van der Waals surface area contributed by atoms with Crippen LogP contribution in [0.5, 0.6) is 0 Å². The fourth-order valence-electron chi connectivity index (χ4n) is 3.57. The number of hydrogen-bond acceptors (Lipinski definition) is 6. The first-order chi connectivity index (χ1) is 15.8. The van der Waals surface area contributed by atoms with Crippen molar-refractivity contribution in [1.82, 2.24) is 14.5 Å². The Morgan fingerprint density at radius 1 is 1.18 bits per heavy atom. The Balaban J connectivity index is 1.74. The number of nitrogens with one attached hydrogen (secondary N) is 1. The molecule has 0 bridgehead atoms. The van der Waals surface area contributed by atoms with Crippen LogP contribution < -0.4 is 10.9 Å². The van der Waals surface area contributed by atoms with Gasteiger partial charge in [-0.25, -0.2) is 9.97 Å². The first-order valence-electron chi connectivity index (χ1n) is 10.4. The zero-order chi connectivity index (χ0) is 23.7. The van der Waals surface area contributed by atoms with Crippen LogP contribution in [0.3, 0.4) is 0 Å². The van der Waals surface area contributed by atoms with Gasteiger partial charge in [-0.1, -0.05) is 36.4 Å². The molecule has 9 heteroatoms. The quantitative estimate of drug-likeness (QED) is 0.272. The van der Waals surface area contributed by atoms with Crippen molar-refractivity contribution in [3.05, 3.63) is 73.5 Å². The van der Waals surface area contributed by atoms with Gasteiger partial charge < -0.3 is 5.32 Å². The molecule has 1 amide bonds. The SMILES string of the molecule is CCc1c(C)sc2nc(SCC(=O)Nc3ccc(Cl)cn3)n(-c3ccc(C)c(C)c3)c(=O)c12. The lowest BCUT2D eigenvalue weighted by molar-refractivity contribution is -0.113. The molecule has 0 fully saturated rings. The highest BCUT2D eigenvalue weighted by atomic mass is 35.5. The number of aromatic nitrogens is 3. The molecule has 0 spiro atoms. The molecule has 0 saturated heterocycles. The molecule has 1 N–H and O–H groups in total. The monoisotopic (exact) mass is 498 g/mol. The van der Waals surface area contributed by atoms with Crippen LogP contribution in [0.4, 0.5) is 5.82 Å². The second-order valence-corrected chi connectivity index (χ2v) is 10.3. The lowest BCUT2D eigenvalue weighted by atomic mass is 10.1. The molecular weight excluding hydrogens is 476 g/mol. The number of nitrogens with zero attached hydrogens (tertiary/aromatic N) is 3. The summed E-state index contributed by atoms with van der Waals surface area (Å²) in [7, 11) is 0. The fraction of sp³-hybridized carbons (Fsp3) is 0.250. The Bertz CT molecular complexity index is 1410. The summed E-state index contributed by atoms with van der Waals surface area (Å²) in [6.07, 6.45) is 2.24. The number of rotatable bonds is 6. The second-order valence-electron chi connectivity index (χ2n) is 7.67. The van der Waals surface area contributed by atoms with Gasteiger partial charge in [-0.2, -0.15) is 0 Å². The van der Waals surface area contributed by atoms with Gasteiger partial charge in [-0.05, 0) is 68.1 Å². The van der Waals surface area contributed by atoms with E-state index in [1.165, 1.54) is 29.3 Å². The number of thioether (sulfide) groups is 1. The summed E-state index contributed by atoms with van der Waals surface area (Å²) in [4.78, 5) is 37.0. The molecule has 0 unspecified atom stereocenters. The molecule has 0 aliphatic heterocycles. The average molecular weight is 499 g/mol. The average Bonchev–Trinajstić information content (AvgIpc) is 3.11. The molecular formula is C24H23ClN4O2S2. The Morgan fingerprint density at radius 3 is 2.64 bits per heavy atom. The number of anilines is 1. The Hall–Kier alpha value is -2.68. The Labute approximate surface area is 205 Å². The van der Waals surface area contributed by atoms with E-state index < -0.39 is 0 Å². The molecule has 0 aliphatic rings. The molecule has 0 radical (unpaired) electrons. The number of amides is 1. The largest absolute Gasteiger partial charge is 0.310 e. The molecule has 4 aromatic rings. The lowest BCUT2D eigenvalue weighted by Gasteiger charge is -2.14. The smallest absolute Gasteiger partial charge is 0.267 e. The van der Waals surface area contributed by atoms with Crippen molar-refractivity contribution >= 4 is 56.6 Å². The van der Waals surface area contributed by atoms with Gasteiger partial charge >= 0.3 is 0 Å². The van der Waals surface area contributed by atoms with E-state index >= 15 is 0 Å². The van der Waals surface area contributed by atoms with Crippen molar-refractivity contribution < 1.29 is 4.79 Å². The molecule has 6 nitrogen and oxygen atoms in total. The van der Waals surface area contributed by atoms with Crippen LogP contribution >= 0.6 is 34.7 Å². The van der Waals surface area contributed by atoms with Gasteiger partial charge in [0, 0.05) is 11.1 Å². The molecule has 1 aromatic carbocycles. The molecule has 4 rings (SSSR count). The molecule has 0 saturated carbocycles. The second kappa shape index (κ2) is 9.67. The first kappa shape index (κ1) is 23.5. The minimum absolute atomic E-state index is 0.0814. The third-order valence-electron chi connectivity index (χ3n) is 5.43. The van der Waals surface area contributed by atoms with Gasteiger partial charge in [0.15, 0.2) is 5.16 Å². The van der Waals surface area contributed by atoms with Crippen molar-refractivity contribution in [2.45, 2.75) is 39.3 Å². The molecule has 170 valence electrons. The third-order valence-corrected chi connectivity index (χ3v) is 7.63. The maximum atomic E-state index is 13.7. The summed E-state index contributed by atoms with van der Waals surface area (Å²) in [5.74, 6) is 0.256. The van der Waals surface area contributed by atoms with Crippen LogP contribution in [0.1, 0.15) is 28.5 Å². The summed E-state index contributed by atoms with van der Waals surface area (Å²) >= 11 is 8.60. The van der Waals surface area contributed by atoms with Crippen LogP contribution in [0.2, 0.25) is 5.02 Å².